The van der Waals surface area contributed by atoms with Gasteiger partial charge in [0.1, 0.15) is 6.10 Å². The van der Waals surface area contributed by atoms with Crippen LogP contribution < -0.4 is 0 Å². The molecule has 0 aromatic carbocycles. The van der Waals surface area contributed by atoms with Crippen molar-refractivity contribution in [3.63, 3.8) is 0 Å². The van der Waals surface area contributed by atoms with Gasteiger partial charge in [-0.1, -0.05) is 6.08 Å². The number of epoxide rings is 1. The fourth-order valence-electron chi connectivity index (χ4n) is 0.447. The fourth-order valence-corrected chi connectivity index (χ4v) is 0.447. The van der Waals surface area contributed by atoms with E-state index >= 15 is 0 Å². The summed E-state index contributed by atoms with van der Waals surface area (Å²) in [6.07, 6.45) is 2.12. The molecule has 0 spiro atoms. The predicted molar refractivity (Wildman–Crippen MR) is 30.8 cm³/mol. The van der Waals surface area contributed by atoms with Gasteiger partial charge in [0.25, 0.3) is 0 Å². The smallest absolute Gasteiger partial charge is 0.104 e. The monoisotopic (exact) mass is 162 g/mol. The van der Waals surface area contributed by atoms with E-state index in [4.69, 9.17) is 9.47 Å². The topological polar surface area (TPSA) is 21.8 Å². The minimum atomic E-state index is 0. The van der Waals surface area contributed by atoms with E-state index in [2.05, 4.69) is 6.58 Å². The summed E-state index contributed by atoms with van der Waals surface area (Å²) in [4.78, 5) is 0. The summed E-state index contributed by atoms with van der Waals surface area (Å²) in [6.45, 7) is 5.75. The molecule has 0 bridgehead atoms. The standard InChI is InChI=1S/C6H10O2.Ti/c1-2-3-7-4-6-5-8-6;/h2,6H,1,3-5H2;. The molecule has 1 aliphatic rings. The molecule has 0 aromatic heterocycles. The van der Waals surface area contributed by atoms with Crippen LogP contribution in [0.2, 0.25) is 0 Å². The summed E-state index contributed by atoms with van der Waals surface area (Å²) >= 11 is 0. The Kier molecular flexibility index (Phi) is 5.40. The SMILES string of the molecule is C=CCOCC1CO1.[Ti]. The molecule has 0 amide bonds. The molecule has 0 aliphatic carbocycles. The van der Waals surface area contributed by atoms with Crippen LogP contribution in [0.4, 0.5) is 0 Å². The van der Waals surface area contributed by atoms with E-state index in [1.165, 1.54) is 0 Å². The van der Waals surface area contributed by atoms with Crippen LogP contribution in [-0.4, -0.2) is 25.9 Å². The third-order valence-electron chi connectivity index (χ3n) is 0.942. The van der Waals surface area contributed by atoms with Crippen molar-refractivity contribution < 1.29 is 31.2 Å². The minimum Gasteiger partial charge on any atom is -0.375 e. The maximum Gasteiger partial charge on any atom is 0.104 e. The summed E-state index contributed by atoms with van der Waals surface area (Å²) in [5, 5.41) is 0. The van der Waals surface area contributed by atoms with Crippen LogP contribution in [0.1, 0.15) is 0 Å². The summed E-state index contributed by atoms with van der Waals surface area (Å²) in [7, 11) is 0. The van der Waals surface area contributed by atoms with Crippen LogP contribution in [0.3, 0.4) is 0 Å². The average Bonchev–Trinajstić information content (AvgIpc) is 2.51. The zero-order chi connectivity index (χ0) is 5.82. The second kappa shape index (κ2) is 5.18. The molecule has 2 nitrogen and oxygen atoms in total. The molecule has 1 atom stereocenters. The number of rotatable bonds is 4. The molecule has 50 valence electrons. The summed E-state index contributed by atoms with van der Waals surface area (Å²) in [5.74, 6) is 0. The maximum absolute atomic E-state index is 5.06. The molecule has 3 heteroatoms. The fraction of sp³-hybridized carbons (Fsp3) is 0.667. The van der Waals surface area contributed by atoms with Gasteiger partial charge in [0.05, 0.1) is 19.8 Å². The van der Waals surface area contributed by atoms with Gasteiger partial charge in [0, 0.05) is 21.7 Å². The van der Waals surface area contributed by atoms with Gasteiger partial charge >= 0.3 is 0 Å². The minimum absolute atomic E-state index is 0. The zero-order valence-corrected chi connectivity index (χ0v) is 6.86. The summed E-state index contributed by atoms with van der Waals surface area (Å²) < 4.78 is 9.96. The van der Waals surface area contributed by atoms with E-state index in [1.54, 1.807) is 6.08 Å². The van der Waals surface area contributed by atoms with Gasteiger partial charge in [0.15, 0.2) is 0 Å². The second-order valence-corrected chi connectivity index (χ2v) is 1.78. The first kappa shape index (κ1) is 9.37. The van der Waals surface area contributed by atoms with Gasteiger partial charge < -0.3 is 9.47 Å². The summed E-state index contributed by atoms with van der Waals surface area (Å²) in [6, 6.07) is 0. The Morgan fingerprint density at radius 2 is 2.44 bits per heavy atom. The van der Waals surface area contributed by atoms with Crippen LogP contribution in [0.15, 0.2) is 12.7 Å². The van der Waals surface area contributed by atoms with Crippen molar-refractivity contribution >= 4 is 0 Å². The molecule has 0 radical (unpaired) electrons. The first-order valence-corrected chi connectivity index (χ1v) is 2.73. The third-order valence-corrected chi connectivity index (χ3v) is 0.942. The Balaban J connectivity index is 0.000000640. The van der Waals surface area contributed by atoms with E-state index in [0.717, 1.165) is 13.2 Å². The van der Waals surface area contributed by atoms with Gasteiger partial charge in [-0.25, -0.2) is 0 Å². The van der Waals surface area contributed by atoms with E-state index in [1.807, 2.05) is 0 Å². The zero-order valence-electron chi connectivity index (χ0n) is 5.30. The van der Waals surface area contributed by atoms with Crippen molar-refractivity contribution in [1.82, 2.24) is 0 Å². The molecule has 1 unspecified atom stereocenters. The molecular weight excluding hydrogens is 152 g/mol. The Morgan fingerprint density at radius 1 is 1.78 bits per heavy atom. The van der Waals surface area contributed by atoms with Crippen LogP contribution in [0.5, 0.6) is 0 Å². The number of hydrogen-bond acceptors (Lipinski definition) is 2. The van der Waals surface area contributed by atoms with Crippen molar-refractivity contribution in [1.29, 1.82) is 0 Å². The van der Waals surface area contributed by atoms with Crippen LogP contribution in [0.25, 0.3) is 0 Å². The van der Waals surface area contributed by atoms with Crippen molar-refractivity contribution in [2.75, 3.05) is 19.8 Å². The molecule has 0 N–H and O–H groups in total. The first-order chi connectivity index (χ1) is 3.93. The van der Waals surface area contributed by atoms with Gasteiger partial charge in [-0.15, -0.1) is 6.58 Å². The Bertz CT molecular complexity index is 81.1. The predicted octanol–water partition coefficient (Wildman–Crippen LogP) is 0.585. The van der Waals surface area contributed by atoms with Crippen molar-refractivity contribution in [2.24, 2.45) is 0 Å². The van der Waals surface area contributed by atoms with E-state index < -0.39 is 0 Å². The Hall–Kier alpha value is 0.374. The van der Waals surface area contributed by atoms with Gasteiger partial charge in [-0.2, -0.15) is 0 Å². The van der Waals surface area contributed by atoms with Crippen molar-refractivity contribution in [3.8, 4) is 0 Å². The second-order valence-electron chi connectivity index (χ2n) is 1.78. The molecule has 9 heavy (non-hydrogen) atoms. The Labute approximate surface area is 70.1 Å². The first-order valence-electron chi connectivity index (χ1n) is 2.73. The van der Waals surface area contributed by atoms with E-state index in [-0.39, 0.29) is 21.7 Å². The third kappa shape index (κ3) is 4.85. The number of ether oxygens (including phenoxy) is 2. The molecule has 1 rings (SSSR count). The molecule has 1 heterocycles. The van der Waals surface area contributed by atoms with Gasteiger partial charge in [0.2, 0.25) is 0 Å². The molecule has 1 fully saturated rings. The van der Waals surface area contributed by atoms with Crippen LogP contribution >= 0.6 is 0 Å². The molecule has 1 aliphatic heterocycles. The number of hydrogen-bond donors (Lipinski definition) is 0. The molecule has 0 saturated carbocycles. The maximum atomic E-state index is 5.06. The van der Waals surface area contributed by atoms with Gasteiger partial charge in [-0.3, -0.25) is 0 Å². The molecular formula is C6H10O2Ti. The van der Waals surface area contributed by atoms with E-state index in [9.17, 15) is 0 Å². The summed E-state index contributed by atoms with van der Waals surface area (Å²) in [5.41, 5.74) is 0. The van der Waals surface area contributed by atoms with Crippen LogP contribution in [-0.2, 0) is 31.2 Å². The molecule has 0 aromatic rings. The van der Waals surface area contributed by atoms with Crippen LogP contribution in [0, 0.1) is 0 Å². The molecule has 1 saturated heterocycles. The van der Waals surface area contributed by atoms with Crippen molar-refractivity contribution in [2.45, 2.75) is 6.10 Å². The van der Waals surface area contributed by atoms with Gasteiger partial charge in [-0.05, 0) is 0 Å². The quantitative estimate of drug-likeness (QED) is 0.261. The average molecular weight is 162 g/mol. The Morgan fingerprint density at radius 3 is 2.89 bits per heavy atom. The largest absolute Gasteiger partial charge is 0.375 e. The van der Waals surface area contributed by atoms with Crippen molar-refractivity contribution in [3.05, 3.63) is 12.7 Å². The normalized spacial score (nSPS) is 22.4. The van der Waals surface area contributed by atoms with E-state index in [0.29, 0.717) is 12.7 Å².